The smallest absolute Gasteiger partial charge is 0.354 e. The molecule has 0 spiro atoms. The van der Waals surface area contributed by atoms with Gasteiger partial charge in [0.1, 0.15) is 5.69 Å². The summed E-state index contributed by atoms with van der Waals surface area (Å²) in [6.45, 7) is 4.54. The molecule has 0 saturated carbocycles. The van der Waals surface area contributed by atoms with Gasteiger partial charge in [-0.05, 0) is 26.3 Å². The second-order valence-electron chi connectivity index (χ2n) is 4.64. The molecule has 10 heteroatoms. The number of nitrogens with zero attached hydrogens (tertiary/aromatic N) is 2. The first kappa shape index (κ1) is 15.7. The second-order valence-corrected chi connectivity index (χ2v) is 4.64. The van der Waals surface area contributed by atoms with Crippen molar-refractivity contribution in [1.82, 2.24) is 20.2 Å². The summed E-state index contributed by atoms with van der Waals surface area (Å²) in [6, 6.07) is 0. The molecule has 2 aromatic heterocycles. The highest BCUT2D eigenvalue weighted by Gasteiger charge is 2.35. The summed E-state index contributed by atoms with van der Waals surface area (Å²) in [6.07, 6.45) is -4.68. The van der Waals surface area contributed by atoms with E-state index in [4.69, 9.17) is 0 Å². The third-order valence-electron chi connectivity index (χ3n) is 3.00. The molecule has 0 aliphatic heterocycles. The van der Waals surface area contributed by atoms with E-state index in [1.165, 1.54) is 6.92 Å². The summed E-state index contributed by atoms with van der Waals surface area (Å²) in [5.74, 6) is -2.77. The highest BCUT2D eigenvalue weighted by molar-refractivity contribution is 6.07. The van der Waals surface area contributed by atoms with E-state index in [1.54, 1.807) is 18.9 Å². The minimum Gasteiger partial charge on any atom is -0.354 e. The molecule has 2 aromatic rings. The summed E-state index contributed by atoms with van der Waals surface area (Å²) in [5.41, 5.74) is 1.35. The molecule has 0 radical (unpaired) electrons. The highest BCUT2D eigenvalue weighted by Crippen LogP contribution is 2.26. The number of aromatic amines is 2. The number of H-pyrrole nitrogens is 2. The number of aromatic nitrogens is 4. The van der Waals surface area contributed by atoms with Crippen molar-refractivity contribution in [1.29, 1.82) is 0 Å². The van der Waals surface area contributed by atoms with E-state index in [0.29, 0.717) is 16.8 Å². The fraction of sp³-hybridized carbons (Fsp3) is 0.333. The lowest BCUT2D eigenvalue weighted by atomic mass is 10.1. The van der Waals surface area contributed by atoms with Gasteiger partial charge < -0.3 is 4.98 Å². The maximum absolute atomic E-state index is 12.4. The summed E-state index contributed by atoms with van der Waals surface area (Å²) in [7, 11) is 0. The molecule has 1 amide bonds. The third-order valence-corrected chi connectivity index (χ3v) is 3.00. The lowest BCUT2D eigenvalue weighted by molar-refractivity contribution is -0.144. The van der Waals surface area contributed by atoms with Crippen molar-refractivity contribution >= 4 is 17.6 Å². The molecule has 0 atom stereocenters. The zero-order valence-corrected chi connectivity index (χ0v) is 11.8. The van der Waals surface area contributed by atoms with E-state index in [9.17, 15) is 22.8 Å². The van der Waals surface area contributed by atoms with Gasteiger partial charge in [-0.1, -0.05) is 0 Å². The molecule has 2 rings (SSSR count). The normalized spacial score (nSPS) is 11.5. The molecule has 0 unspecified atom stereocenters. The van der Waals surface area contributed by atoms with Crippen LogP contribution in [0.2, 0.25) is 0 Å². The van der Waals surface area contributed by atoms with Crippen LogP contribution in [0, 0.1) is 13.8 Å². The molecule has 118 valence electrons. The van der Waals surface area contributed by atoms with Gasteiger partial charge in [0, 0.05) is 11.3 Å². The zero-order valence-electron chi connectivity index (χ0n) is 11.8. The topological polar surface area (TPSA) is 104 Å². The molecule has 0 aliphatic rings. The van der Waals surface area contributed by atoms with E-state index in [0.717, 1.165) is 0 Å². The lowest BCUT2D eigenvalue weighted by Crippen LogP contribution is -2.15. The molecule has 22 heavy (non-hydrogen) atoms. The van der Waals surface area contributed by atoms with Crippen LogP contribution in [0.15, 0.2) is 0 Å². The molecule has 0 aliphatic carbocycles. The van der Waals surface area contributed by atoms with Crippen molar-refractivity contribution in [3.63, 3.8) is 0 Å². The van der Waals surface area contributed by atoms with Crippen LogP contribution in [0.1, 0.15) is 44.9 Å². The number of anilines is 1. The average Bonchev–Trinajstić information content (AvgIpc) is 2.93. The number of aryl methyl sites for hydroxylation is 1. The molecule has 0 bridgehead atoms. The Hall–Kier alpha value is -2.65. The van der Waals surface area contributed by atoms with Crippen molar-refractivity contribution < 1.29 is 22.8 Å². The van der Waals surface area contributed by atoms with Gasteiger partial charge in [-0.15, -0.1) is 5.10 Å². The number of halogens is 3. The van der Waals surface area contributed by atoms with E-state index < -0.39 is 23.9 Å². The van der Waals surface area contributed by atoms with Crippen LogP contribution in [0.5, 0.6) is 0 Å². The van der Waals surface area contributed by atoms with Gasteiger partial charge in [0.15, 0.2) is 5.78 Å². The monoisotopic (exact) mass is 315 g/mol. The Morgan fingerprint density at radius 3 is 2.32 bits per heavy atom. The minimum atomic E-state index is -4.68. The second kappa shape index (κ2) is 5.28. The molecule has 0 saturated heterocycles. The Balaban J connectivity index is 2.25. The number of rotatable bonds is 3. The third kappa shape index (κ3) is 2.85. The number of Topliss-reactive ketones (excluding diaryl/α,β-unsaturated/α-hetero) is 1. The maximum atomic E-state index is 12.4. The molecule has 3 N–H and O–H groups in total. The number of alkyl halides is 3. The highest BCUT2D eigenvalue weighted by atomic mass is 19.4. The Morgan fingerprint density at radius 1 is 1.23 bits per heavy atom. The number of amides is 1. The van der Waals surface area contributed by atoms with E-state index >= 15 is 0 Å². The number of nitrogens with one attached hydrogen (secondary N) is 3. The number of hydrogen-bond donors (Lipinski definition) is 3. The van der Waals surface area contributed by atoms with Gasteiger partial charge in [0.2, 0.25) is 11.8 Å². The van der Waals surface area contributed by atoms with Gasteiger partial charge in [-0.25, -0.2) is 0 Å². The van der Waals surface area contributed by atoms with E-state index in [1.807, 2.05) is 0 Å². The maximum Gasteiger partial charge on any atom is 0.451 e. The minimum absolute atomic E-state index is 0.0704. The van der Waals surface area contributed by atoms with Crippen LogP contribution in [-0.4, -0.2) is 31.9 Å². The number of ketones is 1. The quantitative estimate of drug-likeness (QED) is 0.755. The largest absolute Gasteiger partial charge is 0.451 e. The molecule has 2 heterocycles. The summed E-state index contributed by atoms with van der Waals surface area (Å²) in [4.78, 5) is 29.4. The zero-order chi connectivity index (χ0) is 16.7. The van der Waals surface area contributed by atoms with Crippen molar-refractivity contribution in [3.8, 4) is 0 Å². The van der Waals surface area contributed by atoms with Gasteiger partial charge in [0.25, 0.3) is 5.91 Å². The van der Waals surface area contributed by atoms with Crippen LogP contribution in [0.25, 0.3) is 0 Å². The fourth-order valence-corrected chi connectivity index (χ4v) is 2.11. The fourth-order valence-electron chi connectivity index (χ4n) is 2.11. The van der Waals surface area contributed by atoms with Crippen LogP contribution in [0.3, 0.4) is 0 Å². The molecule has 0 aromatic carbocycles. The van der Waals surface area contributed by atoms with Gasteiger partial charge in [0.05, 0.1) is 0 Å². The first-order valence-electron chi connectivity index (χ1n) is 6.12. The van der Waals surface area contributed by atoms with Gasteiger partial charge in [-0.3, -0.25) is 20.0 Å². The lowest BCUT2D eigenvalue weighted by Gasteiger charge is -2.01. The first-order valence-corrected chi connectivity index (χ1v) is 6.12. The summed E-state index contributed by atoms with van der Waals surface area (Å²) in [5, 5.41) is 7.10. The molecular weight excluding hydrogens is 303 g/mol. The molecule has 7 nitrogen and oxygen atoms in total. The van der Waals surface area contributed by atoms with Crippen molar-refractivity contribution in [2.75, 3.05) is 5.32 Å². The van der Waals surface area contributed by atoms with Crippen LogP contribution < -0.4 is 5.32 Å². The summed E-state index contributed by atoms with van der Waals surface area (Å²) < 4.78 is 37.1. The molecular formula is C12H12F3N5O2. The Bertz CT molecular complexity index is 745. The van der Waals surface area contributed by atoms with Crippen molar-refractivity contribution in [3.05, 3.63) is 28.3 Å². The first-order chi connectivity index (χ1) is 10.1. The van der Waals surface area contributed by atoms with Crippen LogP contribution in [0.4, 0.5) is 19.1 Å². The number of hydrogen-bond acceptors (Lipinski definition) is 4. The van der Waals surface area contributed by atoms with E-state index in [2.05, 4.69) is 20.4 Å². The molecule has 0 fully saturated rings. The van der Waals surface area contributed by atoms with Crippen LogP contribution >= 0.6 is 0 Å². The standard InChI is InChI=1S/C12H12F3N5O2/c1-4-7(6(3)21)5(2)16-8(4)9(22)17-11-18-10(19-20-11)12(13,14)15/h16H,1-3H3,(H2,17,18,19,20,22). The SMILES string of the molecule is CC(=O)c1c(C)[nH]c(C(=O)Nc2n[nH]c(C(F)(F)F)n2)c1C. The average molecular weight is 315 g/mol. The predicted molar refractivity (Wildman–Crippen MR) is 69.6 cm³/mol. The van der Waals surface area contributed by atoms with Crippen molar-refractivity contribution in [2.24, 2.45) is 0 Å². The Labute approximate surface area is 122 Å². The predicted octanol–water partition coefficient (Wildman–Crippen LogP) is 2.22. The summed E-state index contributed by atoms with van der Waals surface area (Å²) >= 11 is 0. The van der Waals surface area contributed by atoms with Crippen LogP contribution in [-0.2, 0) is 6.18 Å². The van der Waals surface area contributed by atoms with Gasteiger partial charge in [-0.2, -0.15) is 18.2 Å². The van der Waals surface area contributed by atoms with Gasteiger partial charge >= 0.3 is 6.18 Å². The van der Waals surface area contributed by atoms with E-state index in [-0.39, 0.29) is 11.5 Å². The number of carbonyl (C=O) groups is 2. The Kier molecular flexibility index (Phi) is 3.77. The number of carbonyl (C=O) groups excluding carboxylic acids is 2. The Morgan fingerprint density at radius 2 is 1.86 bits per heavy atom. The van der Waals surface area contributed by atoms with Crippen molar-refractivity contribution in [2.45, 2.75) is 26.9 Å².